The molecule has 1 aromatic heterocycles. The van der Waals surface area contributed by atoms with Crippen LogP contribution in [0.15, 0.2) is 35.7 Å². The van der Waals surface area contributed by atoms with E-state index in [1.54, 1.807) is 32.4 Å². The van der Waals surface area contributed by atoms with Gasteiger partial charge in [0.1, 0.15) is 11.5 Å². The monoisotopic (exact) mass is 248 g/mol. The lowest BCUT2D eigenvalue weighted by atomic mass is 10.1. The van der Waals surface area contributed by atoms with Crippen molar-refractivity contribution >= 4 is 17.1 Å². The summed E-state index contributed by atoms with van der Waals surface area (Å²) in [7, 11) is 3.14. The van der Waals surface area contributed by atoms with Gasteiger partial charge in [-0.2, -0.15) is 0 Å². The first kappa shape index (κ1) is 11.7. The molecule has 4 heteroatoms. The van der Waals surface area contributed by atoms with Crippen LogP contribution >= 0.6 is 11.3 Å². The van der Waals surface area contributed by atoms with Crippen LogP contribution in [0.5, 0.6) is 11.5 Å². The second-order valence-corrected chi connectivity index (χ2v) is 4.29. The summed E-state index contributed by atoms with van der Waals surface area (Å²) in [6, 6.07) is 8.93. The zero-order valence-corrected chi connectivity index (χ0v) is 10.4. The molecule has 1 aromatic carbocycles. The summed E-state index contributed by atoms with van der Waals surface area (Å²) in [6.07, 6.45) is 0. The third-order valence-corrected chi connectivity index (χ3v) is 3.29. The van der Waals surface area contributed by atoms with Gasteiger partial charge in [-0.05, 0) is 12.1 Å². The maximum Gasteiger partial charge on any atom is 0.206 e. The predicted molar refractivity (Wildman–Crippen MR) is 67.3 cm³/mol. The molecule has 3 nitrogen and oxygen atoms in total. The van der Waals surface area contributed by atoms with Gasteiger partial charge in [-0.1, -0.05) is 12.1 Å². The Balaban J connectivity index is 2.36. The van der Waals surface area contributed by atoms with Crippen LogP contribution in [0, 0.1) is 0 Å². The van der Waals surface area contributed by atoms with Crippen molar-refractivity contribution in [3.63, 3.8) is 0 Å². The zero-order chi connectivity index (χ0) is 12.3. The van der Waals surface area contributed by atoms with Crippen molar-refractivity contribution in [3.05, 3.63) is 46.2 Å². The highest BCUT2D eigenvalue weighted by atomic mass is 32.1. The molecule has 17 heavy (non-hydrogen) atoms. The lowest BCUT2D eigenvalue weighted by molar-refractivity contribution is 0.103. The molecule has 0 radical (unpaired) electrons. The highest BCUT2D eigenvalue weighted by molar-refractivity contribution is 7.12. The van der Waals surface area contributed by atoms with Crippen molar-refractivity contribution in [3.8, 4) is 11.5 Å². The highest BCUT2D eigenvalue weighted by Gasteiger charge is 2.15. The normalized spacial score (nSPS) is 10.0. The molecule has 0 aliphatic heterocycles. The van der Waals surface area contributed by atoms with Gasteiger partial charge in [0.25, 0.3) is 0 Å². The smallest absolute Gasteiger partial charge is 0.206 e. The topological polar surface area (TPSA) is 35.5 Å². The maximum absolute atomic E-state index is 12.2. The number of rotatable bonds is 4. The Labute approximate surface area is 104 Å². The number of carbonyl (C=O) groups is 1. The Morgan fingerprint density at radius 3 is 2.59 bits per heavy atom. The predicted octanol–water partition coefficient (Wildman–Crippen LogP) is 3.00. The molecule has 0 aliphatic carbocycles. The van der Waals surface area contributed by atoms with Gasteiger partial charge in [0, 0.05) is 11.4 Å². The second kappa shape index (κ2) is 5.01. The molecule has 0 spiro atoms. The summed E-state index contributed by atoms with van der Waals surface area (Å²) in [5.74, 6) is 1.24. The maximum atomic E-state index is 12.2. The molecule has 88 valence electrons. The van der Waals surface area contributed by atoms with E-state index in [9.17, 15) is 4.79 Å². The number of ether oxygens (including phenoxy) is 2. The van der Waals surface area contributed by atoms with Crippen LogP contribution in [-0.2, 0) is 0 Å². The molecule has 0 N–H and O–H groups in total. The van der Waals surface area contributed by atoms with E-state index in [1.807, 2.05) is 17.5 Å². The molecule has 0 unspecified atom stereocenters. The van der Waals surface area contributed by atoms with Crippen molar-refractivity contribution in [2.75, 3.05) is 14.2 Å². The van der Waals surface area contributed by atoms with Crippen LogP contribution in [-0.4, -0.2) is 20.0 Å². The zero-order valence-electron chi connectivity index (χ0n) is 9.60. The number of carbonyl (C=O) groups excluding carboxylic acids is 1. The fourth-order valence-electron chi connectivity index (χ4n) is 1.51. The Kier molecular flexibility index (Phi) is 3.44. The third-order valence-electron chi connectivity index (χ3n) is 2.39. The van der Waals surface area contributed by atoms with Gasteiger partial charge in [-0.3, -0.25) is 4.79 Å². The molecular weight excluding hydrogens is 236 g/mol. The van der Waals surface area contributed by atoms with Crippen LogP contribution in [0.2, 0.25) is 0 Å². The van der Waals surface area contributed by atoms with E-state index in [1.165, 1.54) is 11.3 Å². The summed E-state index contributed by atoms with van der Waals surface area (Å²) in [4.78, 5) is 12.9. The minimum absolute atomic E-state index is 0.0456. The minimum atomic E-state index is -0.0456. The van der Waals surface area contributed by atoms with Crippen LogP contribution in [0.4, 0.5) is 0 Å². The van der Waals surface area contributed by atoms with Crippen molar-refractivity contribution in [2.45, 2.75) is 0 Å². The molecule has 1 heterocycles. The minimum Gasteiger partial charge on any atom is -0.496 e. The molecular formula is C13H12O3S. The average Bonchev–Trinajstić information content (AvgIpc) is 2.86. The van der Waals surface area contributed by atoms with Gasteiger partial charge in [0.15, 0.2) is 0 Å². The number of methoxy groups -OCH3 is 2. The van der Waals surface area contributed by atoms with Crippen molar-refractivity contribution in [1.29, 1.82) is 0 Å². The van der Waals surface area contributed by atoms with Gasteiger partial charge in [-0.15, -0.1) is 11.3 Å². The quantitative estimate of drug-likeness (QED) is 0.780. The van der Waals surface area contributed by atoms with Crippen LogP contribution in [0.3, 0.4) is 0 Å². The first-order valence-electron chi connectivity index (χ1n) is 5.06. The summed E-state index contributed by atoms with van der Waals surface area (Å²) < 4.78 is 10.2. The fraction of sp³-hybridized carbons (Fsp3) is 0.154. The van der Waals surface area contributed by atoms with E-state index in [4.69, 9.17) is 9.47 Å². The number of ketones is 1. The van der Waals surface area contributed by atoms with Crippen LogP contribution < -0.4 is 9.47 Å². The van der Waals surface area contributed by atoms with E-state index < -0.39 is 0 Å². The first-order chi connectivity index (χ1) is 8.26. The Bertz CT molecular complexity index is 531. The summed E-state index contributed by atoms with van der Waals surface area (Å²) in [6.45, 7) is 0. The highest BCUT2D eigenvalue weighted by Crippen LogP contribution is 2.27. The number of hydrogen-bond donors (Lipinski definition) is 0. The number of thiophene rings is 1. The lowest BCUT2D eigenvalue weighted by Gasteiger charge is -2.05. The van der Waals surface area contributed by atoms with Crippen LogP contribution in [0.25, 0.3) is 0 Å². The van der Waals surface area contributed by atoms with Crippen molar-refractivity contribution in [1.82, 2.24) is 0 Å². The van der Waals surface area contributed by atoms with Gasteiger partial charge in [-0.25, -0.2) is 0 Å². The first-order valence-corrected chi connectivity index (χ1v) is 5.94. The molecule has 0 fully saturated rings. The molecule has 2 aromatic rings. The Morgan fingerprint density at radius 1 is 1.18 bits per heavy atom. The third kappa shape index (κ3) is 2.31. The van der Waals surface area contributed by atoms with E-state index in [-0.39, 0.29) is 5.78 Å². The van der Waals surface area contributed by atoms with Gasteiger partial charge < -0.3 is 9.47 Å². The molecule has 0 saturated heterocycles. The van der Waals surface area contributed by atoms with E-state index in [0.29, 0.717) is 21.9 Å². The largest absolute Gasteiger partial charge is 0.496 e. The van der Waals surface area contributed by atoms with E-state index >= 15 is 0 Å². The molecule has 0 aliphatic rings. The fourth-order valence-corrected chi connectivity index (χ4v) is 2.32. The molecule has 0 amide bonds. The SMILES string of the molecule is COc1csc(C(=O)c2ccccc2OC)c1. The Hall–Kier alpha value is -1.81. The van der Waals surface area contributed by atoms with Crippen molar-refractivity contribution < 1.29 is 14.3 Å². The van der Waals surface area contributed by atoms with E-state index in [2.05, 4.69) is 0 Å². The lowest BCUT2D eigenvalue weighted by Crippen LogP contribution is -2.01. The second-order valence-electron chi connectivity index (χ2n) is 3.38. The van der Waals surface area contributed by atoms with Gasteiger partial charge in [0.2, 0.25) is 5.78 Å². The Morgan fingerprint density at radius 2 is 1.94 bits per heavy atom. The average molecular weight is 248 g/mol. The molecule has 0 bridgehead atoms. The summed E-state index contributed by atoms with van der Waals surface area (Å²) >= 11 is 1.37. The van der Waals surface area contributed by atoms with Gasteiger partial charge >= 0.3 is 0 Å². The van der Waals surface area contributed by atoms with Gasteiger partial charge in [0.05, 0.1) is 24.7 Å². The number of para-hydroxylation sites is 1. The standard InChI is InChI=1S/C13H12O3S/c1-15-9-7-12(17-8-9)13(14)10-5-3-4-6-11(10)16-2/h3-8H,1-2H3. The summed E-state index contributed by atoms with van der Waals surface area (Å²) in [5, 5.41) is 1.81. The summed E-state index contributed by atoms with van der Waals surface area (Å²) in [5.41, 5.74) is 0.569. The van der Waals surface area contributed by atoms with Crippen molar-refractivity contribution in [2.24, 2.45) is 0 Å². The molecule has 2 rings (SSSR count). The molecule has 0 saturated carbocycles. The van der Waals surface area contributed by atoms with Crippen LogP contribution in [0.1, 0.15) is 15.2 Å². The van der Waals surface area contributed by atoms with E-state index in [0.717, 1.165) is 0 Å². The number of benzene rings is 1. The number of hydrogen-bond acceptors (Lipinski definition) is 4. The molecule has 0 atom stereocenters.